The molecule has 0 saturated carbocycles. The molecule has 0 atom stereocenters. The Kier molecular flexibility index (Phi) is 2.40. The molecule has 0 fully saturated rings. The van der Waals surface area contributed by atoms with Crippen molar-refractivity contribution in [2.75, 3.05) is 0 Å². The van der Waals surface area contributed by atoms with Gasteiger partial charge in [-0.1, -0.05) is 6.07 Å². The summed E-state index contributed by atoms with van der Waals surface area (Å²) in [6, 6.07) is 9.03. The van der Waals surface area contributed by atoms with Crippen LogP contribution in [0.3, 0.4) is 0 Å². The molecule has 0 aliphatic rings. The number of aromatic nitrogens is 2. The van der Waals surface area contributed by atoms with Crippen LogP contribution in [0.25, 0.3) is 5.52 Å². The average molecular weight is 293 g/mol. The molecule has 3 aromatic rings. The van der Waals surface area contributed by atoms with Gasteiger partial charge in [0.25, 0.3) is 0 Å². The van der Waals surface area contributed by atoms with E-state index >= 15 is 0 Å². The molecule has 0 amide bonds. The first-order chi connectivity index (χ1) is 8.25. The first-order valence-corrected chi connectivity index (χ1v) is 5.92. The number of imidazole rings is 1. The van der Waals surface area contributed by atoms with Crippen LogP contribution in [0.2, 0.25) is 0 Å². The van der Waals surface area contributed by atoms with Crippen molar-refractivity contribution in [1.82, 2.24) is 9.38 Å². The minimum atomic E-state index is 0.169. The van der Waals surface area contributed by atoms with Gasteiger partial charge in [0.1, 0.15) is 16.2 Å². The zero-order valence-electron chi connectivity index (χ0n) is 8.80. The largest absolute Gasteiger partial charge is 0.494 e. The molecule has 1 N–H and O–H groups in total. The van der Waals surface area contributed by atoms with Crippen LogP contribution in [0.15, 0.2) is 45.6 Å². The molecule has 3 aromatic heterocycles. The highest BCUT2D eigenvalue weighted by atomic mass is 79.9. The van der Waals surface area contributed by atoms with Gasteiger partial charge in [-0.25, -0.2) is 4.98 Å². The van der Waals surface area contributed by atoms with Crippen molar-refractivity contribution in [2.24, 2.45) is 0 Å². The number of nitrogens with zero attached hydrogens (tertiary/aromatic N) is 2. The number of hydrogen-bond acceptors (Lipinski definition) is 3. The summed E-state index contributed by atoms with van der Waals surface area (Å²) >= 11 is 3.38. The lowest BCUT2D eigenvalue weighted by Gasteiger charge is -2.01. The molecule has 0 saturated heterocycles. The molecule has 3 rings (SSSR count). The fraction of sp³-hybridized carbons (Fsp3) is 0.0833. The van der Waals surface area contributed by atoms with Gasteiger partial charge in [-0.2, -0.15) is 0 Å². The van der Waals surface area contributed by atoms with Gasteiger partial charge in [-0.05, 0) is 40.2 Å². The Morgan fingerprint density at radius 3 is 2.94 bits per heavy atom. The zero-order valence-corrected chi connectivity index (χ0v) is 10.4. The van der Waals surface area contributed by atoms with Crippen molar-refractivity contribution in [3.8, 4) is 5.88 Å². The maximum absolute atomic E-state index is 9.87. The number of pyridine rings is 1. The van der Waals surface area contributed by atoms with Crippen molar-refractivity contribution >= 4 is 21.4 Å². The van der Waals surface area contributed by atoms with E-state index in [-0.39, 0.29) is 5.88 Å². The van der Waals surface area contributed by atoms with E-state index in [1.54, 1.807) is 22.8 Å². The predicted octanol–water partition coefficient (Wildman–Crippen LogP) is 2.99. The molecular weight excluding hydrogens is 284 g/mol. The first kappa shape index (κ1) is 10.4. The van der Waals surface area contributed by atoms with Gasteiger partial charge >= 0.3 is 0 Å². The van der Waals surface area contributed by atoms with Gasteiger partial charge in [0, 0.05) is 0 Å². The molecule has 5 heteroatoms. The molecule has 0 aliphatic carbocycles. The molecule has 0 unspecified atom stereocenters. The average Bonchev–Trinajstić information content (AvgIpc) is 2.90. The minimum absolute atomic E-state index is 0.169. The number of fused-ring (bicyclic) bond motifs is 1. The Bertz CT molecular complexity index is 659. The van der Waals surface area contributed by atoms with Crippen molar-refractivity contribution < 1.29 is 9.52 Å². The molecule has 0 radical (unpaired) electrons. The summed E-state index contributed by atoms with van der Waals surface area (Å²) in [5, 5.41) is 9.87. The second-order valence-electron chi connectivity index (χ2n) is 3.68. The van der Waals surface area contributed by atoms with E-state index in [2.05, 4.69) is 20.9 Å². The number of rotatable bonds is 2. The van der Waals surface area contributed by atoms with Crippen molar-refractivity contribution in [2.45, 2.75) is 6.42 Å². The summed E-state index contributed by atoms with van der Waals surface area (Å²) in [5.41, 5.74) is 0.839. The molecule has 3 heterocycles. The molecule has 0 aliphatic heterocycles. The van der Waals surface area contributed by atoms with Crippen LogP contribution >= 0.6 is 15.9 Å². The number of furan rings is 1. The van der Waals surface area contributed by atoms with Crippen LogP contribution in [0, 0.1) is 0 Å². The predicted molar refractivity (Wildman–Crippen MR) is 66.1 cm³/mol. The van der Waals surface area contributed by atoms with Gasteiger partial charge < -0.3 is 9.52 Å². The summed E-state index contributed by atoms with van der Waals surface area (Å²) < 4.78 is 7.70. The lowest BCUT2D eigenvalue weighted by molar-refractivity contribution is 0.441. The summed E-state index contributed by atoms with van der Waals surface area (Å²) in [4.78, 5) is 4.39. The Balaban J connectivity index is 2.16. The summed E-state index contributed by atoms with van der Waals surface area (Å²) in [6.07, 6.45) is 2.16. The summed E-state index contributed by atoms with van der Waals surface area (Å²) in [7, 11) is 0. The van der Waals surface area contributed by atoms with E-state index in [0.717, 1.165) is 21.7 Å². The van der Waals surface area contributed by atoms with E-state index in [4.69, 9.17) is 4.42 Å². The quantitative estimate of drug-likeness (QED) is 0.790. The van der Waals surface area contributed by atoms with Crippen LogP contribution in [-0.2, 0) is 6.42 Å². The molecule has 0 spiro atoms. The monoisotopic (exact) mass is 292 g/mol. The Morgan fingerprint density at radius 1 is 1.29 bits per heavy atom. The van der Waals surface area contributed by atoms with Gasteiger partial charge in [-0.3, -0.25) is 4.40 Å². The Hall–Kier alpha value is -1.75. The fourth-order valence-electron chi connectivity index (χ4n) is 1.84. The smallest absolute Gasteiger partial charge is 0.197 e. The maximum Gasteiger partial charge on any atom is 0.197 e. The number of aromatic hydroxyl groups is 1. The maximum atomic E-state index is 9.87. The molecular formula is C12H9BrN2O2. The standard InChI is InChI=1S/C12H9BrN2O2/c13-12-9-4-1-5-11(16)15(9)10(14-12)7-8-3-2-6-17-8/h1-6,16H,7H2. The normalized spacial score (nSPS) is 11.1. The Morgan fingerprint density at radius 2 is 2.18 bits per heavy atom. The number of halogens is 1. The highest BCUT2D eigenvalue weighted by molar-refractivity contribution is 9.10. The highest BCUT2D eigenvalue weighted by Gasteiger charge is 2.12. The van der Waals surface area contributed by atoms with E-state index in [0.29, 0.717) is 6.42 Å². The molecule has 17 heavy (non-hydrogen) atoms. The molecule has 86 valence electrons. The van der Waals surface area contributed by atoms with Gasteiger partial charge in [0.15, 0.2) is 5.88 Å². The van der Waals surface area contributed by atoms with E-state index in [1.165, 1.54) is 0 Å². The first-order valence-electron chi connectivity index (χ1n) is 5.13. The van der Waals surface area contributed by atoms with Crippen LogP contribution in [0.5, 0.6) is 5.88 Å². The molecule has 0 aromatic carbocycles. The highest BCUT2D eigenvalue weighted by Crippen LogP contribution is 2.25. The lowest BCUT2D eigenvalue weighted by Crippen LogP contribution is -1.95. The second kappa shape index (κ2) is 3.92. The minimum Gasteiger partial charge on any atom is -0.494 e. The van der Waals surface area contributed by atoms with Crippen molar-refractivity contribution in [3.63, 3.8) is 0 Å². The summed E-state index contributed by atoms with van der Waals surface area (Å²) in [5.74, 6) is 1.72. The fourth-order valence-corrected chi connectivity index (χ4v) is 2.35. The third kappa shape index (κ3) is 1.72. The van der Waals surface area contributed by atoms with E-state index < -0.39 is 0 Å². The van der Waals surface area contributed by atoms with Gasteiger partial charge in [0.05, 0.1) is 18.2 Å². The topological polar surface area (TPSA) is 50.7 Å². The third-order valence-corrected chi connectivity index (χ3v) is 3.16. The van der Waals surface area contributed by atoms with Crippen molar-refractivity contribution in [3.05, 3.63) is 52.8 Å². The third-order valence-electron chi connectivity index (χ3n) is 2.58. The van der Waals surface area contributed by atoms with Crippen LogP contribution in [0.1, 0.15) is 11.6 Å². The molecule has 4 nitrogen and oxygen atoms in total. The summed E-state index contributed by atoms with van der Waals surface area (Å²) in [6.45, 7) is 0. The van der Waals surface area contributed by atoms with E-state index in [1.807, 2.05) is 18.2 Å². The Labute approximate surface area is 106 Å². The van der Waals surface area contributed by atoms with Crippen LogP contribution in [-0.4, -0.2) is 14.5 Å². The number of hydrogen-bond donors (Lipinski definition) is 1. The zero-order chi connectivity index (χ0) is 11.8. The van der Waals surface area contributed by atoms with Gasteiger partial charge in [0.2, 0.25) is 0 Å². The van der Waals surface area contributed by atoms with Gasteiger partial charge in [-0.15, -0.1) is 0 Å². The second-order valence-corrected chi connectivity index (χ2v) is 4.43. The van der Waals surface area contributed by atoms with Crippen molar-refractivity contribution in [1.29, 1.82) is 0 Å². The van der Waals surface area contributed by atoms with Crippen LogP contribution in [0.4, 0.5) is 0 Å². The van der Waals surface area contributed by atoms with E-state index in [9.17, 15) is 5.11 Å². The molecule has 0 bridgehead atoms. The SMILES string of the molecule is Oc1cccc2c(Br)nc(Cc3ccco3)n12. The lowest BCUT2D eigenvalue weighted by atomic mass is 10.3. The van der Waals surface area contributed by atoms with Crippen LogP contribution < -0.4 is 0 Å².